The summed E-state index contributed by atoms with van der Waals surface area (Å²) in [5.74, 6) is 0.820. The van der Waals surface area contributed by atoms with Crippen molar-refractivity contribution in [3.05, 3.63) is 18.1 Å². The fourth-order valence-corrected chi connectivity index (χ4v) is 1.57. The van der Waals surface area contributed by atoms with Crippen LogP contribution in [-0.4, -0.2) is 34.5 Å². The summed E-state index contributed by atoms with van der Waals surface area (Å²) >= 11 is 0. The van der Waals surface area contributed by atoms with Gasteiger partial charge in [0.15, 0.2) is 0 Å². The van der Waals surface area contributed by atoms with Crippen molar-refractivity contribution in [1.29, 1.82) is 5.26 Å². The van der Waals surface area contributed by atoms with E-state index in [1.165, 1.54) is 0 Å². The summed E-state index contributed by atoms with van der Waals surface area (Å²) in [6.07, 6.45) is 5.19. The molecule has 5 nitrogen and oxygen atoms in total. The Morgan fingerprint density at radius 1 is 1.33 bits per heavy atom. The van der Waals surface area contributed by atoms with E-state index in [0.717, 1.165) is 44.1 Å². The van der Waals surface area contributed by atoms with Crippen molar-refractivity contribution in [2.45, 2.75) is 33.2 Å². The van der Waals surface area contributed by atoms with Crippen molar-refractivity contribution in [1.82, 2.24) is 14.9 Å². The first-order valence-electron chi connectivity index (χ1n) is 6.44. The van der Waals surface area contributed by atoms with Crippen molar-refractivity contribution in [3.8, 4) is 6.07 Å². The minimum absolute atomic E-state index is 0.553. The predicted molar refractivity (Wildman–Crippen MR) is 72.0 cm³/mol. The van der Waals surface area contributed by atoms with E-state index in [2.05, 4.69) is 40.1 Å². The van der Waals surface area contributed by atoms with E-state index in [0.29, 0.717) is 6.42 Å². The standard InChI is InChI=1S/C13H21N5/c1-3-7-15-13-10-16-12(9-17-13)11-18(4-2)8-5-6-14/h9-10H,3-5,7-8,11H2,1-2H3,(H,15,17). The van der Waals surface area contributed by atoms with Gasteiger partial charge in [-0.05, 0) is 13.0 Å². The Kier molecular flexibility index (Phi) is 6.74. The third-order valence-corrected chi connectivity index (χ3v) is 2.63. The van der Waals surface area contributed by atoms with Crippen LogP contribution in [0.25, 0.3) is 0 Å². The summed E-state index contributed by atoms with van der Waals surface area (Å²) in [7, 11) is 0. The number of nitriles is 1. The number of rotatable bonds is 8. The van der Waals surface area contributed by atoms with Gasteiger partial charge in [-0.1, -0.05) is 13.8 Å². The van der Waals surface area contributed by atoms with Gasteiger partial charge < -0.3 is 5.32 Å². The number of nitrogens with zero attached hydrogens (tertiary/aromatic N) is 4. The fraction of sp³-hybridized carbons (Fsp3) is 0.615. The largest absolute Gasteiger partial charge is 0.369 e. The van der Waals surface area contributed by atoms with Crippen LogP contribution >= 0.6 is 0 Å². The molecule has 1 aromatic rings. The topological polar surface area (TPSA) is 64.8 Å². The van der Waals surface area contributed by atoms with Crippen LogP contribution in [0.1, 0.15) is 32.4 Å². The lowest BCUT2D eigenvalue weighted by Crippen LogP contribution is -2.24. The van der Waals surface area contributed by atoms with Gasteiger partial charge >= 0.3 is 0 Å². The number of hydrogen-bond donors (Lipinski definition) is 1. The first-order chi connectivity index (χ1) is 8.80. The summed E-state index contributed by atoms with van der Waals surface area (Å²) < 4.78 is 0. The average Bonchev–Trinajstić information content (AvgIpc) is 2.42. The van der Waals surface area contributed by atoms with Crippen LogP contribution in [0.5, 0.6) is 0 Å². The molecular weight excluding hydrogens is 226 g/mol. The molecule has 0 aromatic carbocycles. The summed E-state index contributed by atoms with van der Waals surface area (Å²) in [6.45, 7) is 7.56. The molecule has 0 unspecified atom stereocenters. The van der Waals surface area contributed by atoms with Crippen molar-refractivity contribution in [2.75, 3.05) is 25.0 Å². The highest BCUT2D eigenvalue weighted by Crippen LogP contribution is 2.04. The fourth-order valence-electron chi connectivity index (χ4n) is 1.57. The molecule has 0 aliphatic rings. The maximum absolute atomic E-state index is 8.58. The lowest BCUT2D eigenvalue weighted by Gasteiger charge is -2.18. The number of aromatic nitrogens is 2. The lowest BCUT2D eigenvalue weighted by atomic mass is 10.3. The number of nitrogens with one attached hydrogen (secondary N) is 1. The number of anilines is 1. The Balaban J connectivity index is 2.48. The molecule has 1 rings (SSSR count). The van der Waals surface area contributed by atoms with Gasteiger partial charge in [-0.3, -0.25) is 9.88 Å². The molecule has 1 heterocycles. The highest BCUT2D eigenvalue weighted by atomic mass is 15.1. The first-order valence-corrected chi connectivity index (χ1v) is 6.44. The Labute approximate surface area is 109 Å². The normalized spacial score (nSPS) is 10.3. The Morgan fingerprint density at radius 2 is 2.17 bits per heavy atom. The Hall–Kier alpha value is -1.67. The quantitative estimate of drug-likeness (QED) is 0.761. The molecule has 0 aliphatic carbocycles. The van der Waals surface area contributed by atoms with E-state index in [4.69, 9.17) is 5.26 Å². The van der Waals surface area contributed by atoms with Crippen LogP contribution in [0.15, 0.2) is 12.4 Å². The summed E-state index contributed by atoms with van der Waals surface area (Å²) in [4.78, 5) is 10.9. The SMILES string of the molecule is CCCNc1cnc(CN(CC)CCC#N)cn1. The zero-order valence-corrected chi connectivity index (χ0v) is 11.2. The molecule has 0 fully saturated rings. The third-order valence-electron chi connectivity index (χ3n) is 2.63. The van der Waals surface area contributed by atoms with Gasteiger partial charge in [0.2, 0.25) is 0 Å². The van der Waals surface area contributed by atoms with Gasteiger partial charge in [0.25, 0.3) is 0 Å². The van der Waals surface area contributed by atoms with Crippen molar-refractivity contribution >= 4 is 5.82 Å². The van der Waals surface area contributed by atoms with Crippen LogP contribution in [0, 0.1) is 11.3 Å². The van der Waals surface area contributed by atoms with Crippen molar-refractivity contribution in [3.63, 3.8) is 0 Å². The average molecular weight is 247 g/mol. The van der Waals surface area contributed by atoms with Crippen LogP contribution in [0.2, 0.25) is 0 Å². The minimum atomic E-state index is 0.553. The predicted octanol–water partition coefficient (Wildman–Crippen LogP) is 2.03. The molecular formula is C13H21N5. The van der Waals surface area contributed by atoms with E-state index in [1.807, 2.05) is 0 Å². The van der Waals surface area contributed by atoms with Gasteiger partial charge in [0.05, 0.1) is 24.2 Å². The van der Waals surface area contributed by atoms with Gasteiger partial charge in [-0.25, -0.2) is 4.98 Å². The van der Waals surface area contributed by atoms with Crippen LogP contribution in [0.3, 0.4) is 0 Å². The van der Waals surface area contributed by atoms with Gasteiger partial charge in [0.1, 0.15) is 5.82 Å². The Bertz CT molecular complexity index is 368. The lowest BCUT2D eigenvalue weighted by molar-refractivity contribution is 0.283. The van der Waals surface area contributed by atoms with E-state index in [1.54, 1.807) is 12.4 Å². The van der Waals surface area contributed by atoms with Gasteiger partial charge in [-0.15, -0.1) is 0 Å². The summed E-state index contributed by atoms with van der Waals surface area (Å²) in [6, 6.07) is 2.16. The molecule has 0 saturated carbocycles. The zero-order valence-electron chi connectivity index (χ0n) is 11.2. The monoisotopic (exact) mass is 247 g/mol. The molecule has 0 saturated heterocycles. The second-order valence-corrected chi connectivity index (χ2v) is 4.10. The minimum Gasteiger partial charge on any atom is -0.369 e. The highest BCUT2D eigenvalue weighted by Gasteiger charge is 2.04. The van der Waals surface area contributed by atoms with Crippen LogP contribution in [-0.2, 0) is 6.54 Å². The molecule has 0 bridgehead atoms. The molecule has 0 radical (unpaired) electrons. The summed E-state index contributed by atoms with van der Waals surface area (Å²) in [5, 5.41) is 11.8. The maximum Gasteiger partial charge on any atom is 0.144 e. The molecule has 0 aliphatic heterocycles. The van der Waals surface area contributed by atoms with Gasteiger partial charge in [-0.2, -0.15) is 5.26 Å². The Morgan fingerprint density at radius 3 is 2.72 bits per heavy atom. The van der Waals surface area contributed by atoms with Crippen LogP contribution < -0.4 is 5.32 Å². The van der Waals surface area contributed by atoms with Gasteiger partial charge in [0, 0.05) is 26.1 Å². The molecule has 98 valence electrons. The summed E-state index contributed by atoms with van der Waals surface area (Å²) in [5.41, 5.74) is 0.942. The second kappa shape index (κ2) is 8.43. The van der Waals surface area contributed by atoms with E-state index >= 15 is 0 Å². The molecule has 0 spiro atoms. The molecule has 1 aromatic heterocycles. The zero-order chi connectivity index (χ0) is 13.2. The smallest absolute Gasteiger partial charge is 0.144 e. The van der Waals surface area contributed by atoms with E-state index in [9.17, 15) is 0 Å². The highest BCUT2D eigenvalue weighted by molar-refractivity contribution is 5.30. The van der Waals surface area contributed by atoms with Crippen molar-refractivity contribution < 1.29 is 0 Å². The number of hydrogen-bond acceptors (Lipinski definition) is 5. The second-order valence-electron chi connectivity index (χ2n) is 4.10. The first kappa shape index (κ1) is 14.4. The molecule has 1 N–H and O–H groups in total. The molecule has 0 atom stereocenters. The maximum atomic E-state index is 8.58. The third kappa shape index (κ3) is 5.11. The molecule has 18 heavy (non-hydrogen) atoms. The van der Waals surface area contributed by atoms with E-state index in [-0.39, 0.29) is 0 Å². The van der Waals surface area contributed by atoms with Crippen LogP contribution in [0.4, 0.5) is 5.82 Å². The van der Waals surface area contributed by atoms with E-state index < -0.39 is 0 Å². The molecule has 0 amide bonds. The molecule has 5 heteroatoms. The van der Waals surface area contributed by atoms with Crippen molar-refractivity contribution in [2.24, 2.45) is 0 Å².